The molecule has 0 aliphatic heterocycles. The molecule has 1 heterocycles. The number of anilines is 1. The van der Waals surface area contributed by atoms with Crippen LogP contribution in [-0.4, -0.2) is 43.0 Å². The molecule has 3 N–H and O–H groups in total. The predicted octanol–water partition coefficient (Wildman–Crippen LogP) is 2.26. The lowest BCUT2D eigenvalue weighted by molar-refractivity contribution is 0.0951. The minimum absolute atomic E-state index is 0.0951. The molecule has 3 rings (SSSR count). The van der Waals surface area contributed by atoms with Crippen LogP contribution in [0.1, 0.15) is 10.4 Å². The second-order valence-electron chi connectivity index (χ2n) is 5.83. The number of pyridine rings is 1. The highest BCUT2D eigenvalue weighted by molar-refractivity contribution is 6.08. The highest BCUT2D eigenvalue weighted by atomic mass is 16.1. The zero-order valence-corrected chi connectivity index (χ0v) is 13.3. The molecule has 118 valence electrons. The van der Waals surface area contributed by atoms with Crippen molar-refractivity contribution in [2.75, 3.05) is 32.9 Å². The minimum Gasteiger partial charge on any atom is -0.398 e. The van der Waals surface area contributed by atoms with E-state index in [1.807, 2.05) is 49.3 Å². The van der Waals surface area contributed by atoms with E-state index >= 15 is 0 Å². The number of nitrogens with one attached hydrogen (secondary N) is 1. The average molecular weight is 308 g/mol. The normalized spacial score (nSPS) is 11.3. The number of aromatic nitrogens is 1. The van der Waals surface area contributed by atoms with Crippen LogP contribution in [0.15, 0.2) is 42.5 Å². The molecule has 0 atom stereocenters. The molecule has 2 aromatic carbocycles. The number of carbonyl (C=O) groups is 1. The van der Waals surface area contributed by atoms with Crippen LogP contribution in [0.5, 0.6) is 0 Å². The maximum absolute atomic E-state index is 12.2. The second-order valence-corrected chi connectivity index (χ2v) is 5.83. The van der Waals surface area contributed by atoms with E-state index in [0.29, 0.717) is 17.8 Å². The number of amides is 1. The van der Waals surface area contributed by atoms with Gasteiger partial charge in [0.1, 0.15) is 0 Å². The van der Waals surface area contributed by atoms with Crippen LogP contribution >= 0.6 is 0 Å². The lowest BCUT2D eigenvalue weighted by Crippen LogP contribution is -2.31. The third-order valence-corrected chi connectivity index (χ3v) is 3.83. The number of nitrogens with two attached hydrogens (primary N) is 1. The fraction of sp³-hybridized carbons (Fsp3) is 0.222. The highest BCUT2D eigenvalue weighted by Crippen LogP contribution is 2.28. The number of nitrogens with zero attached hydrogens (tertiary/aromatic N) is 2. The van der Waals surface area contributed by atoms with Gasteiger partial charge in [0, 0.05) is 29.4 Å². The van der Waals surface area contributed by atoms with Crippen molar-refractivity contribution in [3.63, 3.8) is 0 Å². The fourth-order valence-electron chi connectivity index (χ4n) is 2.56. The van der Waals surface area contributed by atoms with Gasteiger partial charge in [0.2, 0.25) is 0 Å². The number of nitrogen functional groups attached to an aromatic ring is 1. The molecule has 0 aliphatic carbocycles. The van der Waals surface area contributed by atoms with Crippen molar-refractivity contribution in [3.8, 4) is 0 Å². The first kappa shape index (κ1) is 15.2. The monoisotopic (exact) mass is 308 g/mol. The highest BCUT2D eigenvalue weighted by Gasteiger charge is 2.10. The van der Waals surface area contributed by atoms with Crippen molar-refractivity contribution >= 4 is 33.4 Å². The van der Waals surface area contributed by atoms with Crippen LogP contribution in [0, 0.1) is 0 Å². The first-order valence-corrected chi connectivity index (χ1v) is 7.57. The summed E-state index contributed by atoms with van der Waals surface area (Å²) in [6, 6.07) is 13.2. The van der Waals surface area contributed by atoms with Gasteiger partial charge in [0.25, 0.3) is 5.91 Å². The lowest BCUT2D eigenvalue weighted by Gasteiger charge is -2.11. The van der Waals surface area contributed by atoms with Gasteiger partial charge in [-0.1, -0.05) is 18.2 Å². The third kappa shape index (κ3) is 3.10. The summed E-state index contributed by atoms with van der Waals surface area (Å²) in [5.41, 5.74) is 9.12. The Labute approximate surface area is 135 Å². The standard InChI is InChI=1S/C18H20N4O/c1-22(2)10-9-20-18(23)12-7-8-14-16(11-12)21-15-6-4-3-5-13(15)17(14)19/h3-8,11H,9-10H2,1-2H3,(H2,19,21)(H,20,23). The number of para-hydroxylation sites is 1. The number of rotatable bonds is 4. The minimum atomic E-state index is -0.0951. The molecular formula is C18H20N4O. The molecule has 0 aliphatic rings. The zero-order valence-electron chi connectivity index (χ0n) is 13.3. The largest absolute Gasteiger partial charge is 0.398 e. The average Bonchev–Trinajstić information content (AvgIpc) is 2.54. The van der Waals surface area contributed by atoms with Crippen molar-refractivity contribution in [2.45, 2.75) is 0 Å². The summed E-state index contributed by atoms with van der Waals surface area (Å²) in [5, 5.41) is 4.71. The summed E-state index contributed by atoms with van der Waals surface area (Å²) < 4.78 is 0. The van der Waals surface area contributed by atoms with E-state index in [1.165, 1.54) is 0 Å². The molecule has 0 saturated carbocycles. The SMILES string of the molecule is CN(C)CCNC(=O)c1ccc2c(N)c3ccccc3nc2c1. The maximum Gasteiger partial charge on any atom is 0.251 e. The van der Waals surface area contributed by atoms with Crippen molar-refractivity contribution in [2.24, 2.45) is 0 Å². The molecule has 0 fully saturated rings. The van der Waals surface area contributed by atoms with Crippen molar-refractivity contribution < 1.29 is 4.79 Å². The lowest BCUT2D eigenvalue weighted by atomic mass is 10.1. The van der Waals surface area contributed by atoms with Crippen LogP contribution < -0.4 is 11.1 Å². The summed E-state index contributed by atoms with van der Waals surface area (Å²) in [5.74, 6) is -0.0951. The Hall–Kier alpha value is -2.66. The number of carbonyl (C=O) groups excluding carboxylic acids is 1. The molecule has 0 radical (unpaired) electrons. The smallest absolute Gasteiger partial charge is 0.251 e. The van der Waals surface area contributed by atoms with Crippen LogP contribution in [-0.2, 0) is 0 Å². The number of benzene rings is 2. The molecule has 1 amide bonds. The molecule has 0 saturated heterocycles. The van der Waals surface area contributed by atoms with Crippen molar-refractivity contribution in [1.29, 1.82) is 0 Å². The van der Waals surface area contributed by atoms with E-state index in [0.717, 1.165) is 28.4 Å². The van der Waals surface area contributed by atoms with Crippen molar-refractivity contribution in [3.05, 3.63) is 48.0 Å². The van der Waals surface area contributed by atoms with Gasteiger partial charge in [0.05, 0.1) is 16.7 Å². The quantitative estimate of drug-likeness (QED) is 0.725. The van der Waals surface area contributed by atoms with Gasteiger partial charge in [0.15, 0.2) is 0 Å². The second kappa shape index (κ2) is 6.22. The Morgan fingerprint density at radius 1 is 1.13 bits per heavy atom. The van der Waals surface area contributed by atoms with Crippen LogP contribution in [0.2, 0.25) is 0 Å². The van der Waals surface area contributed by atoms with E-state index in [9.17, 15) is 4.79 Å². The van der Waals surface area contributed by atoms with Crippen LogP contribution in [0.4, 0.5) is 5.69 Å². The summed E-state index contributed by atoms with van der Waals surface area (Å²) in [6.45, 7) is 1.41. The first-order chi connectivity index (χ1) is 11.1. The van der Waals surface area contributed by atoms with E-state index in [4.69, 9.17) is 5.73 Å². The first-order valence-electron chi connectivity index (χ1n) is 7.57. The van der Waals surface area contributed by atoms with E-state index in [2.05, 4.69) is 10.3 Å². The topological polar surface area (TPSA) is 71.2 Å². The molecule has 1 aromatic heterocycles. The molecular weight excluding hydrogens is 288 g/mol. The molecule has 0 unspecified atom stereocenters. The van der Waals surface area contributed by atoms with Gasteiger partial charge in [-0.3, -0.25) is 4.79 Å². The number of likely N-dealkylation sites (N-methyl/N-ethyl adjacent to an activating group) is 1. The van der Waals surface area contributed by atoms with Gasteiger partial charge in [-0.15, -0.1) is 0 Å². The molecule has 3 aromatic rings. The summed E-state index contributed by atoms with van der Waals surface area (Å²) in [6.07, 6.45) is 0. The Morgan fingerprint density at radius 3 is 2.65 bits per heavy atom. The summed E-state index contributed by atoms with van der Waals surface area (Å²) in [7, 11) is 3.94. The van der Waals surface area contributed by atoms with Gasteiger partial charge in [-0.05, 0) is 38.4 Å². The Morgan fingerprint density at radius 2 is 1.87 bits per heavy atom. The Kier molecular flexibility index (Phi) is 4.12. The van der Waals surface area contributed by atoms with Crippen LogP contribution in [0.25, 0.3) is 21.8 Å². The molecule has 23 heavy (non-hydrogen) atoms. The molecule has 5 nitrogen and oxygen atoms in total. The Balaban J connectivity index is 1.95. The zero-order chi connectivity index (χ0) is 16.4. The summed E-state index contributed by atoms with van der Waals surface area (Å²) >= 11 is 0. The van der Waals surface area contributed by atoms with Crippen LogP contribution in [0.3, 0.4) is 0 Å². The number of hydrogen-bond donors (Lipinski definition) is 2. The predicted molar refractivity (Wildman–Crippen MR) is 94.5 cm³/mol. The molecule has 0 bridgehead atoms. The van der Waals surface area contributed by atoms with Crippen molar-refractivity contribution in [1.82, 2.24) is 15.2 Å². The molecule has 5 heteroatoms. The maximum atomic E-state index is 12.2. The van der Waals surface area contributed by atoms with E-state index in [1.54, 1.807) is 12.1 Å². The van der Waals surface area contributed by atoms with Gasteiger partial charge in [-0.2, -0.15) is 0 Å². The third-order valence-electron chi connectivity index (χ3n) is 3.83. The fourth-order valence-corrected chi connectivity index (χ4v) is 2.56. The number of fused-ring (bicyclic) bond motifs is 2. The number of hydrogen-bond acceptors (Lipinski definition) is 4. The Bertz CT molecular complexity index is 873. The molecule has 0 spiro atoms. The van der Waals surface area contributed by atoms with Gasteiger partial charge < -0.3 is 16.0 Å². The van der Waals surface area contributed by atoms with Gasteiger partial charge >= 0.3 is 0 Å². The van der Waals surface area contributed by atoms with Gasteiger partial charge in [-0.25, -0.2) is 4.98 Å². The van der Waals surface area contributed by atoms with E-state index < -0.39 is 0 Å². The summed E-state index contributed by atoms with van der Waals surface area (Å²) in [4.78, 5) is 18.9. The van der Waals surface area contributed by atoms with E-state index in [-0.39, 0.29) is 5.91 Å².